The lowest BCUT2D eigenvalue weighted by molar-refractivity contribution is 0.169. The lowest BCUT2D eigenvalue weighted by Crippen LogP contribution is -2.55. The van der Waals surface area contributed by atoms with E-state index in [1.54, 1.807) is 35.1 Å². The predicted octanol–water partition coefficient (Wildman–Crippen LogP) is 2.66. The Labute approximate surface area is 197 Å². The van der Waals surface area contributed by atoms with Crippen molar-refractivity contribution in [2.45, 2.75) is 32.9 Å². The molecule has 0 radical (unpaired) electrons. The number of nitriles is 1. The van der Waals surface area contributed by atoms with Gasteiger partial charge in [0.2, 0.25) is 5.95 Å². The lowest BCUT2D eigenvalue weighted by atomic mass is 10.0. The number of likely N-dealkylation sites (N-methyl/N-ethyl adjacent to an activating group) is 1. The van der Waals surface area contributed by atoms with E-state index in [4.69, 9.17) is 0 Å². The van der Waals surface area contributed by atoms with Gasteiger partial charge in [-0.15, -0.1) is 10.2 Å². The monoisotopic (exact) mass is 455 g/mol. The van der Waals surface area contributed by atoms with E-state index in [2.05, 4.69) is 62.0 Å². The summed E-state index contributed by atoms with van der Waals surface area (Å²) in [5, 5.41) is 33.5. The molecule has 0 bridgehead atoms. The van der Waals surface area contributed by atoms with Crippen LogP contribution in [0.4, 0.5) is 5.95 Å². The van der Waals surface area contributed by atoms with Crippen molar-refractivity contribution in [3.8, 4) is 34.3 Å². The van der Waals surface area contributed by atoms with Crippen molar-refractivity contribution in [3.63, 3.8) is 0 Å². The average molecular weight is 456 g/mol. The number of benzene rings is 1. The zero-order chi connectivity index (χ0) is 24.0. The van der Waals surface area contributed by atoms with Gasteiger partial charge in [-0.1, -0.05) is 6.07 Å². The summed E-state index contributed by atoms with van der Waals surface area (Å²) < 4.78 is 1.59. The number of imidazole rings is 1. The van der Waals surface area contributed by atoms with Crippen LogP contribution in [0.3, 0.4) is 0 Å². The van der Waals surface area contributed by atoms with Crippen LogP contribution in [0, 0.1) is 18.3 Å². The second-order valence-corrected chi connectivity index (χ2v) is 8.85. The Balaban J connectivity index is 1.42. The number of hydrogen-bond acceptors (Lipinski definition) is 9. The Morgan fingerprint density at radius 3 is 2.50 bits per heavy atom. The molecule has 2 atom stereocenters. The number of piperazine rings is 1. The molecule has 0 amide bonds. The van der Waals surface area contributed by atoms with Gasteiger partial charge in [-0.05, 0) is 46.0 Å². The van der Waals surface area contributed by atoms with E-state index in [-0.39, 0.29) is 5.75 Å². The first-order valence-electron chi connectivity index (χ1n) is 11.1. The number of anilines is 1. The van der Waals surface area contributed by atoms with Crippen LogP contribution in [0.1, 0.15) is 25.1 Å². The van der Waals surface area contributed by atoms with Gasteiger partial charge in [-0.3, -0.25) is 4.90 Å². The normalized spacial score (nSPS) is 18.9. The minimum atomic E-state index is 0.0328. The molecule has 0 spiro atoms. The maximum absolute atomic E-state index is 10.7. The molecule has 10 heteroatoms. The predicted molar refractivity (Wildman–Crippen MR) is 127 cm³/mol. The van der Waals surface area contributed by atoms with Crippen LogP contribution in [-0.2, 0) is 0 Å². The molecule has 1 fully saturated rings. The number of phenolic OH excluding ortho intramolecular Hbond substituents is 1. The molecule has 0 unspecified atom stereocenters. The van der Waals surface area contributed by atoms with Crippen LogP contribution in [0.25, 0.3) is 28.2 Å². The molecule has 5 rings (SSSR count). The largest absolute Gasteiger partial charge is 0.507 e. The molecule has 34 heavy (non-hydrogen) atoms. The van der Waals surface area contributed by atoms with Gasteiger partial charge in [0.05, 0.1) is 29.3 Å². The van der Waals surface area contributed by atoms with E-state index < -0.39 is 0 Å². The van der Waals surface area contributed by atoms with E-state index in [9.17, 15) is 10.4 Å². The molecule has 4 aromatic rings. The smallest absolute Gasteiger partial charge is 0.245 e. The Kier molecular flexibility index (Phi) is 5.34. The van der Waals surface area contributed by atoms with Gasteiger partial charge >= 0.3 is 0 Å². The minimum Gasteiger partial charge on any atom is -0.507 e. The topological polar surface area (TPSA) is 119 Å². The Bertz CT molecular complexity index is 1390. The van der Waals surface area contributed by atoms with Crippen molar-refractivity contribution in [3.05, 3.63) is 47.9 Å². The van der Waals surface area contributed by atoms with E-state index >= 15 is 0 Å². The first-order chi connectivity index (χ1) is 16.3. The van der Waals surface area contributed by atoms with Crippen LogP contribution >= 0.6 is 0 Å². The van der Waals surface area contributed by atoms with Crippen LogP contribution < -0.4 is 4.90 Å². The minimum absolute atomic E-state index is 0.0328. The fraction of sp³-hybridized carbons (Fsp3) is 0.333. The molecule has 1 aliphatic rings. The number of aromatic hydroxyl groups is 1. The van der Waals surface area contributed by atoms with Gasteiger partial charge in [-0.25, -0.2) is 14.5 Å². The molecule has 1 aromatic carbocycles. The van der Waals surface area contributed by atoms with Crippen LogP contribution in [-0.4, -0.2) is 72.0 Å². The SMILES string of the molecule is Cc1cn2nc(-c3ccc(-c4cnc(N5C[C@@H](C)N(C)[C@@H](C)C5)nn4)c(O)c3)cc(C#N)c2n1. The fourth-order valence-corrected chi connectivity index (χ4v) is 4.33. The molecule has 3 aromatic heterocycles. The van der Waals surface area contributed by atoms with Crippen molar-refractivity contribution in [2.24, 2.45) is 0 Å². The maximum Gasteiger partial charge on any atom is 0.245 e. The number of phenols is 1. The molecular formula is C24H25N9O. The fourth-order valence-electron chi connectivity index (χ4n) is 4.33. The van der Waals surface area contributed by atoms with Gasteiger partial charge in [0.25, 0.3) is 0 Å². The summed E-state index contributed by atoms with van der Waals surface area (Å²) >= 11 is 0. The maximum atomic E-state index is 10.7. The Hall–Kier alpha value is -4.10. The summed E-state index contributed by atoms with van der Waals surface area (Å²) in [5.41, 5.74) is 3.93. The van der Waals surface area contributed by atoms with Crippen molar-refractivity contribution < 1.29 is 5.11 Å². The van der Waals surface area contributed by atoms with E-state index in [1.807, 2.05) is 13.0 Å². The molecule has 1 N–H and O–H groups in total. The second kappa shape index (κ2) is 8.35. The first-order valence-corrected chi connectivity index (χ1v) is 11.1. The van der Waals surface area contributed by atoms with E-state index in [0.29, 0.717) is 51.8 Å². The number of aromatic nitrogens is 6. The standard InChI is InChI=1S/C24H25N9O/c1-14-11-33-23(27-14)18(9-25)7-20(30-33)17-5-6-19(22(34)8-17)21-10-26-24(29-28-21)32-12-15(2)31(4)16(3)13-32/h5-8,10-11,15-16,34H,12-13H2,1-4H3/t15-,16+. The van der Waals surface area contributed by atoms with Crippen molar-refractivity contribution in [1.29, 1.82) is 5.26 Å². The number of aryl methyl sites for hydroxylation is 1. The summed E-state index contributed by atoms with van der Waals surface area (Å²) in [6.07, 6.45) is 3.40. The summed E-state index contributed by atoms with van der Waals surface area (Å²) in [7, 11) is 2.13. The highest BCUT2D eigenvalue weighted by Gasteiger charge is 2.28. The average Bonchev–Trinajstić information content (AvgIpc) is 3.21. The molecular weight excluding hydrogens is 430 g/mol. The molecule has 1 aliphatic heterocycles. The second-order valence-electron chi connectivity index (χ2n) is 8.85. The highest BCUT2D eigenvalue weighted by Crippen LogP contribution is 2.32. The van der Waals surface area contributed by atoms with Crippen molar-refractivity contribution >= 4 is 11.6 Å². The third kappa shape index (κ3) is 3.80. The Morgan fingerprint density at radius 2 is 1.85 bits per heavy atom. The van der Waals surface area contributed by atoms with E-state index in [1.165, 1.54) is 0 Å². The van der Waals surface area contributed by atoms with Crippen LogP contribution in [0.5, 0.6) is 5.75 Å². The highest BCUT2D eigenvalue weighted by molar-refractivity contribution is 5.74. The van der Waals surface area contributed by atoms with Gasteiger partial charge in [0, 0.05) is 36.3 Å². The summed E-state index contributed by atoms with van der Waals surface area (Å²) in [5.74, 6) is 0.620. The molecule has 4 heterocycles. The van der Waals surface area contributed by atoms with Gasteiger partial charge in [0.1, 0.15) is 17.5 Å². The number of hydrogen-bond donors (Lipinski definition) is 1. The van der Waals surface area contributed by atoms with Gasteiger partial charge in [-0.2, -0.15) is 10.4 Å². The number of rotatable bonds is 3. The molecule has 10 nitrogen and oxygen atoms in total. The molecule has 172 valence electrons. The zero-order valence-electron chi connectivity index (χ0n) is 19.5. The lowest BCUT2D eigenvalue weighted by Gasteiger charge is -2.42. The van der Waals surface area contributed by atoms with Crippen LogP contribution in [0.2, 0.25) is 0 Å². The third-order valence-corrected chi connectivity index (χ3v) is 6.43. The van der Waals surface area contributed by atoms with E-state index in [0.717, 1.165) is 18.8 Å². The summed E-state index contributed by atoms with van der Waals surface area (Å²) in [6.45, 7) is 7.89. The van der Waals surface area contributed by atoms with Crippen molar-refractivity contribution in [1.82, 2.24) is 34.7 Å². The third-order valence-electron chi connectivity index (χ3n) is 6.43. The summed E-state index contributed by atoms with van der Waals surface area (Å²) in [4.78, 5) is 13.3. The molecule has 1 saturated heterocycles. The Morgan fingerprint density at radius 1 is 1.09 bits per heavy atom. The quantitative estimate of drug-likeness (QED) is 0.497. The van der Waals surface area contributed by atoms with Gasteiger partial charge < -0.3 is 10.0 Å². The summed E-state index contributed by atoms with van der Waals surface area (Å²) in [6, 6.07) is 9.81. The zero-order valence-corrected chi connectivity index (χ0v) is 19.5. The van der Waals surface area contributed by atoms with Gasteiger partial charge in [0.15, 0.2) is 5.65 Å². The number of fused-ring (bicyclic) bond motifs is 1. The van der Waals surface area contributed by atoms with Crippen LogP contribution in [0.15, 0.2) is 36.7 Å². The first kappa shape index (κ1) is 21.7. The van der Waals surface area contributed by atoms with Crippen molar-refractivity contribution in [2.75, 3.05) is 25.0 Å². The highest BCUT2D eigenvalue weighted by atomic mass is 16.3. The molecule has 0 aliphatic carbocycles. The molecule has 0 saturated carbocycles. The number of nitrogens with zero attached hydrogens (tertiary/aromatic N) is 9.